The number of hydrogen-bond donors (Lipinski definition) is 2. The van der Waals surface area contributed by atoms with Crippen molar-refractivity contribution in [2.45, 2.75) is 19.9 Å². The Hall–Kier alpha value is -1.88. The van der Waals surface area contributed by atoms with Gasteiger partial charge in [0, 0.05) is 15.8 Å². The molecule has 0 bridgehead atoms. The summed E-state index contributed by atoms with van der Waals surface area (Å²) in [4.78, 5) is 12.1. The molecule has 0 spiro atoms. The number of carbonyl (C=O) groups excluding carboxylic acids is 1. The van der Waals surface area contributed by atoms with E-state index in [4.69, 9.17) is 0 Å². The first-order valence-corrected chi connectivity index (χ1v) is 7.34. The number of benzene rings is 2. The molecule has 0 aliphatic heterocycles. The van der Waals surface area contributed by atoms with Crippen molar-refractivity contribution in [1.29, 1.82) is 0 Å². The SMILES string of the molecule is Cc1cc(N[C@H](C)C(=O)Nc2ccc(F)cc2)ccc1Br. The molecule has 3 nitrogen and oxygen atoms in total. The molecular formula is C16H16BrFN2O. The summed E-state index contributed by atoms with van der Waals surface area (Å²) in [6.45, 7) is 3.76. The van der Waals surface area contributed by atoms with Crippen LogP contribution in [0.4, 0.5) is 15.8 Å². The zero-order valence-electron chi connectivity index (χ0n) is 11.8. The number of rotatable bonds is 4. The van der Waals surface area contributed by atoms with Gasteiger partial charge in [-0.05, 0) is 61.9 Å². The van der Waals surface area contributed by atoms with E-state index in [1.165, 1.54) is 24.3 Å². The highest BCUT2D eigenvalue weighted by Crippen LogP contribution is 2.20. The summed E-state index contributed by atoms with van der Waals surface area (Å²) in [7, 11) is 0. The molecule has 110 valence electrons. The normalized spacial score (nSPS) is 11.8. The third-order valence-corrected chi connectivity index (χ3v) is 3.94. The minimum absolute atomic E-state index is 0.179. The summed E-state index contributed by atoms with van der Waals surface area (Å²) >= 11 is 3.44. The fraction of sp³-hybridized carbons (Fsp3) is 0.188. The Morgan fingerprint density at radius 2 is 1.76 bits per heavy atom. The highest BCUT2D eigenvalue weighted by molar-refractivity contribution is 9.10. The summed E-state index contributed by atoms with van der Waals surface area (Å²) in [5.74, 6) is -0.508. The second-order valence-electron chi connectivity index (χ2n) is 4.83. The Bertz CT molecular complexity index is 643. The molecule has 2 rings (SSSR count). The van der Waals surface area contributed by atoms with Gasteiger partial charge in [0.1, 0.15) is 11.9 Å². The summed E-state index contributed by atoms with van der Waals surface area (Å²) in [6, 6.07) is 11.1. The summed E-state index contributed by atoms with van der Waals surface area (Å²) < 4.78 is 13.8. The lowest BCUT2D eigenvalue weighted by Crippen LogP contribution is -2.31. The molecule has 0 fully saturated rings. The van der Waals surface area contributed by atoms with Crippen LogP contribution in [0.3, 0.4) is 0 Å². The number of hydrogen-bond acceptors (Lipinski definition) is 2. The van der Waals surface area contributed by atoms with E-state index in [0.29, 0.717) is 5.69 Å². The van der Waals surface area contributed by atoms with Crippen LogP contribution in [0.5, 0.6) is 0 Å². The second-order valence-corrected chi connectivity index (χ2v) is 5.68. The van der Waals surface area contributed by atoms with Crippen molar-refractivity contribution in [2.75, 3.05) is 10.6 Å². The zero-order valence-corrected chi connectivity index (χ0v) is 13.4. The van der Waals surface area contributed by atoms with E-state index in [2.05, 4.69) is 26.6 Å². The maximum Gasteiger partial charge on any atom is 0.246 e. The van der Waals surface area contributed by atoms with Crippen LogP contribution in [0.1, 0.15) is 12.5 Å². The van der Waals surface area contributed by atoms with E-state index >= 15 is 0 Å². The number of halogens is 2. The van der Waals surface area contributed by atoms with E-state index in [1.807, 2.05) is 25.1 Å². The van der Waals surface area contributed by atoms with Crippen molar-refractivity contribution in [3.8, 4) is 0 Å². The summed E-state index contributed by atoms with van der Waals surface area (Å²) in [6.07, 6.45) is 0. The van der Waals surface area contributed by atoms with Crippen molar-refractivity contribution in [3.05, 3.63) is 58.3 Å². The Morgan fingerprint density at radius 3 is 2.38 bits per heavy atom. The smallest absolute Gasteiger partial charge is 0.246 e. The lowest BCUT2D eigenvalue weighted by Gasteiger charge is -2.16. The lowest BCUT2D eigenvalue weighted by molar-refractivity contribution is -0.116. The van der Waals surface area contributed by atoms with Gasteiger partial charge in [0.15, 0.2) is 0 Å². The average Bonchev–Trinajstić information content (AvgIpc) is 2.45. The molecule has 0 heterocycles. The van der Waals surface area contributed by atoms with E-state index in [1.54, 1.807) is 6.92 Å². The third-order valence-electron chi connectivity index (χ3n) is 3.05. The lowest BCUT2D eigenvalue weighted by atomic mass is 10.2. The Labute approximate surface area is 131 Å². The van der Waals surface area contributed by atoms with Gasteiger partial charge < -0.3 is 10.6 Å². The van der Waals surface area contributed by atoms with Gasteiger partial charge in [-0.25, -0.2) is 4.39 Å². The summed E-state index contributed by atoms with van der Waals surface area (Å²) in [5, 5.41) is 5.87. The fourth-order valence-electron chi connectivity index (χ4n) is 1.83. The average molecular weight is 351 g/mol. The molecule has 1 amide bonds. The van der Waals surface area contributed by atoms with Crippen LogP contribution in [0, 0.1) is 12.7 Å². The van der Waals surface area contributed by atoms with Gasteiger partial charge in [0.2, 0.25) is 5.91 Å². The highest BCUT2D eigenvalue weighted by Gasteiger charge is 2.13. The van der Waals surface area contributed by atoms with Gasteiger partial charge in [0.25, 0.3) is 0 Å². The Morgan fingerprint density at radius 1 is 1.14 bits per heavy atom. The monoisotopic (exact) mass is 350 g/mol. The van der Waals surface area contributed by atoms with Gasteiger partial charge in [0.05, 0.1) is 0 Å². The third kappa shape index (κ3) is 4.29. The molecule has 0 aliphatic carbocycles. The molecule has 2 aromatic carbocycles. The van der Waals surface area contributed by atoms with Crippen molar-refractivity contribution in [2.24, 2.45) is 0 Å². The maximum atomic E-state index is 12.8. The van der Waals surface area contributed by atoms with Crippen LogP contribution < -0.4 is 10.6 Å². The topological polar surface area (TPSA) is 41.1 Å². The van der Waals surface area contributed by atoms with Crippen LogP contribution in [-0.2, 0) is 4.79 Å². The number of amides is 1. The molecule has 0 unspecified atom stereocenters. The van der Waals surface area contributed by atoms with Crippen molar-refractivity contribution in [1.82, 2.24) is 0 Å². The first-order chi connectivity index (χ1) is 9.95. The number of aryl methyl sites for hydroxylation is 1. The van der Waals surface area contributed by atoms with Gasteiger partial charge in [-0.3, -0.25) is 4.79 Å². The Balaban J connectivity index is 1.98. The van der Waals surface area contributed by atoms with Gasteiger partial charge in [-0.2, -0.15) is 0 Å². The number of anilines is 2. The molecule has 0 aliphatic rings. The molecule has 21 heavy (non-hydrogen) atoms. The van der Waals surface area contributed by atoms with E-state index in [9.17, 15) is 9.18 Å². The van der Waals surface area contributed by atoms with Crippen LogP contribution >= 0.6 is 15.9 Å². The second kappa shape index (κ2) is 6.72. The molecule has 5 heteroatoms. The fourth-order valence-corrected chi connectivity index (χ4v) is 2.08. The maximum absolute atomic E-state index is 12.8. The standard InChI is InChI=1S/C16H16BrFN2O/c1-10-9-14(7-8-15(10)17)19-11(2)16(21)20-13-5-3-12(18)4-6-13/h3-9,11,19H,1-2H3,(H,20,21)/t11-/m1/s1. The predicted molar refractivity (Wildman–Crippen MR) is 87.0 cm³/mol. The quantitative estimate of drug-likeness (QED) is 0.861. The van der Waals surface area contributed by atoms with Crippen molar-refractivity contribution >= 4 is 33.2 Å². The van der Waals surface area contributed by atoms with Gasteiger partial charge in [-0.15, -0.1) is 0 Å². The minimum Gasteiger partial charge on any atom is -0.374 e. The zero-order chi connectivity index (χ0) is 15.4. The highest BCUT2D eigenvalue weighted by atomic mass is 79.9. The number of carbonyl (C=O) groups is 1. The van der Waals surface area contributed by atoms with E-state index in [0.717, 1.165) is 15.7 Å². The molecular weight excluding hydrogens is 335 g/mol. The van der Waals surface area contributed by atoms with Crippen LogP contribution in [0.15, 0.2) is 46.9 Å². The molecule has 0 aromatic heterocycles. The predicted octanol–water partition coefficient (Wildman–Crippen LogP) is 4.34. The first-order valence-electron chi connectivity index (χ1n) is 6.55. The first kappa shape index (κ1) is 15.5. The molecule has 2 N–H and O–H groups in total. The molecule has 2 aromatic rings. The Kier molecular flexibility index (Phi) is 4.96. The van der Waals surface area contributed by atoms with Crippen molar-refractivity contribution in [3.63, 3.8) is 0 Å². The molecule has 0 saturated carbocycles. The minimum atomic E-state index is -0.407. The summed E-state index contributed by atoms with van der Waals surface area (Å²) in [5.41, 5.74) is 2.53. The van der Waals surface area contributed by atoms with Crippen LogP contribution in [0.2, 0.25) is 0 Å². The largest absolute Gasteiger partial charge is 0.374 e. The van der Waals surface area contributed by atoms with Crippen LogP contribution in [-0.4, -0.2) is 11.9 Å². The van der Waals surface area contributed by atoms with Gasteiger partial charge in [-0.1, -0.05) is 15.9 Å². The van der Waals surface area contributed by atoms with Crippen LogP contribution in [0.25, 0.3) is 0 Å². The van der Waals surface area contributed by atoms with E-state index in [-0.39, 0.29) is 11.7 Å². The molecule has 0 radical (unpaired) electrons. The van der Waals surface area contributed by atoms with E-state index < -0.39 is 6.04 Å². The molecule has 1 atom stereocenters. The molecule has 0 saturated heterocycles. The number of nitrogens with one attached hydrogen (secondary N) is 2. The van der Waals surface area contributed by atoms with Gasteiger partial charge >= 0.3 is 0 Å². The van der Waals surface area contributed by atoms with Crippen molar-refractivity contribution < 1.29 is 9.18 Å².